The third kappa shape index (κ3) is 3.86. The van der Waals surface area contributed by atoms with Crippen molar-refractivity contribution in [3.63, 3.8) is 0 Å². The molecule has 1 saturated carbocycles. The Kier molecular flexibility index (Phi) is 4.50. The molecule has 118 valence electrons. The van der Waals surface area contributed by atoms with Gasteiger partial charge in [0.05, 0.1) is 4.90 Å². The van der Waals surface area contributed by atoms with Crippen LogP contribution in [-0.2, 0) is 10.1 Å². The molecule has 1 aliphatic rings. The van der Waals surface area contributed by atoms with Crippen LogP contribution in [0.15, 0.2) is 23.1 Å². The molecule has 1 aromatic rings. The summed E-state index contributed by atoms with van der Waals surface area (Å²) in [4.78, 5) is 0.0901. The number of rotatable bonds is 2. The summed E-state index contributed by atoms with van der Waals surface area (Å²) in [6.07, 6.45) is 4.22. The molecule has 0 atom stereocenters. The first-order valence-corrected chi connectivity index (χ1v) is 9.11. The lowest BCUT2D eigenvalue weighted by Crippen LogP contribution is -2.25. The SMILES string of the molecule is Cc1ccc(S(=O)(=O)O)c(C2CCC(C(C)(C)C)CC2)c1. The Labute approximate surface area is 128 Å². The molecular formula is C17H26O3S. The highest BCUT2D eigenvalue weighted by molar-refractivity contribution is 7.85. The van der Waals surface area contributed by atoms with Crippen LogP contribution in [-0.4, -0.2) is 13.0 Å². The molecule has 0 aliphatic heterocycles. The lowest BCUT2D eigenvalue weighted by molar-refractivity contribution is 0.168. The Balaban J connectivity index is 2.27. The summed E-state index contributed by atoms with van der Waals surface area (Å²) in [5, 5.41) is 0. The molecule has 1 N–H and O–H groups in total. The van der Waals surface area contributed by atoms with Crippen molar-refractivity contribution in [2.24, 2.45) is 11.3 Å². The van der Waals surface area contributed by atoms with Gasteiger partial charge < -0.3 is 0 Å². The zero-order valence-electron chi connectivity index (χ0n) is 13.4. The molecule has 0 aromatic heterocycles. The maximum absolute atomic E-state index is 11.6. The normalized spacial score (nSPS) is 24.0. The van der Waals surface area contributed by atoms with E-state index in [9.17, 15) is 13.0 Å². The minimum absolute atomic E-state index is 0.0901. The zero-order valence-corrected chi connectivity index (χ0v) is 14.2. The van der Waals surface area contributed by atoms with Gasteiger partial charge in [0.15, 0.2) is 0 Å². The molecule has 2 rings (SSSR count). The minimum atomic E-state index is -4.14. The van der Waals surface area contributed by atoms with Crippen molar-refractivity contribution in [1.82, 2.24) is 0 Å². The van der Waals surface area contributed by atoms with E-state index in [4.69, 9.17) is 0 Å². The van der Waals surface area contributed by atoms with Crippen LogP contribution in [0.25, 0.3) is 0 Å². The number of aryl methyl sites for hydroxylation is 1. The first-order valence-electron chi connectivity index (χ1n) is 7.67. The number of hydrogen-bond acceptors (Lipinski definition) is 2. The van der Waals surface area contributed by atoms with Crippen LogP contribution in [0, 0.1) is 18.3 Å². The van der Waals surface area contributed by atoms with Gasteiger partial charge in [0.1, 0.15) is 0 Å². The molecule has 0 unspecified atom stereocenters. The minimum Gasteiger partial charge on any atom is -0.282 e. The van der Waals surface area contributed by atoms with Crippen molar-refractivity contribution >= 4 is 10.1 Å². The Morgan fingerprint density at radius 1 is 1.10 bits per heavy atom. The maximum atomic E-state index is 11.6. The largest absolute Gasteiger partial charge is 0.294 e. The predicted octanol–water partition coefficient (Wildman–Crippen LogP) is 4.56. The topological polar surface area (TPSA) is 54.4 Å². The Morgan fingerprint density at radius 3 is 2.14 bits per heavy atom. The number of benzene rings is 1. The molecule has 0 spiro atoms. The standard InChI is InChI=1S/C17H26O3S/c1-12-5-10-16(21(18,19)20)15(11-12)13-6-8-14(9-7-13)17(2,3)4/h5,10-11,13-14H,6-9H2,1-4H3,(H,18,19,20). The van der Waals surface area contributed by atoms with E-state index in [1.165, 1.54) is 6.07 Å². The molecule has 3 nitrogen and oxygen atoms in total. The summed E-state index contributed by atoms with van der Waals surface area (Å²) in [6.45, 7) is 8.77. The average molecular weight is 310 g/mol. The summed E-state index contributed by atoms with van der Waals surface area (Å²) in [5.41, 5.74) is 2.14. The zero-order chi connectivity index (χ0) is 15.8. The Bertz CT molecular complexity index is 603. The van der Waals surface area contributed by atoms with Crippen molar-refractivity contribution < 1.29 is 13.0 Å². The summed E-state index contributed by atoms with van der Waals surface area (Å²) in [7, 11) is -4.14. The van der Waals surface area contributed by atoms with E-state index in [1.54, 1.807) is 6.07 Å². The lowest BCUT2D eigenvalue weighted by atomic mass is 9.68. The highest BCUT2D eigenvalue weighted by Crippen LogP contribution is 2.44. The van der Waals surface area contributed by atoms with Crippen molar-refractivity contribution in [1.29, 1.82) is 0 Å². The fourth-order valence-electron chi connectivity index (χ4n) is 3.49. The summed E-state index contributed by atoms with van der Waals surface area (Å²) < 4.78 is 32.6. The molecule has 0 radical (unpaired) electrons. The summed E-state index contributed by atoms with van der Waals surface area (Å²) in [6, 6.07) is 5.20. The van der Waals surface area contributed by atoms with Crippen LogP contribution < -0.4 is 0 Å². The van der Waals surface area contributed by atoms with Crippen LogP contribution in [0.3, 0.4) is 0 Å². The van der Waals surface area contributed by atoms with Crippen LogP contribution in [0.2, 0.25) is 0 Å². The van der Waals surface area contributed by atoms with E-state index in [1.807, 2.05) is 13.0 Å². The van der Waals surface area contributed by atoms with Crippen LogP contribution in [0.4, 0.5) is 0 Å². The fourth-order valence-corrected chi connectivity index (χ4v) is 4.26. The van der Waals surface area contributed by atoms with Gasteiger partial charge >= 0.3 is 0 Å². The lowest BCUT2D eigenvalue weighted by Gasteiger charge is -2.37. The predicted molar refractivity (Wildman–Crippen MR) is 85.1 cm³/mol. The molecule has 0 saturated heterocycles. The van der Waals surface area contributed by atoms with Gasteiger partial charge in [0.2, 0.25) is 0 Å². The van der Waals surface area contributed by atoms with Gasteiger partial charge in [0, 0.05) is 0 Å². The van der Waals surface area contributed by atoms with E-state index in [0.717, 1.165) is 36.8 Å². The van der Waals surface area contributed by atoms with E-state index in [2.05, 4.69) is 20.8 Å². The van der Waals surface area contributed by atoms with E-state index in [-0.39, 0.29) is 10.8 Å². The van der Waals surface area contributed by atoms with Gasteiger partial charge in [-0.1, -0.05) is 38.5 Å². The van der Waals surface area contributed by atoms with Gasteiger partial charge in [0.25, 0.3) is 10.1 Å². The van der Waals surface area contributed by atoms with Gasteiger partial charge in [-0.15, -0.1) is 0 Å². The number of hydrogen-bond donors (Lipinski definition) is 1. The molecule has 1 aromatic carbocycles. The Hall–Kier alpha value is -0.870. The van der Waals surface area contributed by atoms with Crippen molar-refractivity contribution in [3.05, 3.63) is 29.3 Å². The van der Waals surface area contributed by atoms with Crippen molar-refractivity contribution in [2.75, 3.05) is 0 Å². The molecule has 4 heteroatoms. The Morgan fingerprint density at radius 2 is 1.67 bits per heavy atom. The molecular weight excluding hydrogens is 284 g/mol. The second-order valence-electron chi connectivity index (χ2n) is 7.43. The van der Waals surface area contributed by atoms with Crippen LogP contribution >= 0.6 is 0 Å². The molecule has 21 heavy (non-hydrogen) atoms. The third-order valence-electron chi connectivity index (χ3n) is 4.83. The molecule has 0 bridgehead atoms. The second-order valence-corrected chi connectivity index (χ2v) is 8.82. The van der Waals surface area contributed by atoms with Gasteiger partial charge in [-0.05, 0) is 61.5 Å². The smallest absolute Gasteiger partial charge is 0.282 e. The first-order chi connectivity index (χ1) is 9.59. The van der Waals surface area contributed by atoms with Gasteiger partial charge in [-0.3, -0.25) is 4.55 Å². The highest BCUT2D eigenvalue weighted by Gasteiger charge is 2.32. The summed E-state index contributed by atoms with van der Waals surface area (Å²) >= 11 is 0. The molecule has 0 amide bonds. The first kappa shape index (κ1) is 16.5. The van der Waals surface area contributed by atoms with Crippen LogP contribution in [0.5, 0.6) is 0 Å². The highest BCUT2D eigenvalue weighted by atomic mass is 32.2. The average Bonchev–Trinajstić information content (AvgIpc) is 2.36. The molecule has 1 fully saturated rings. The maximum Gasteiger partial charge on any atom is 0.294 e. The van der Waals surface area contributed by atoms with E-state index < -0.39 is 10.1 Å². The second kappa shape index (κ2) is 5.73. The van der Waals surface area contributed by atoms with E-state index in [0.29, 0.717) is 11.3 Å². The monoisotopic (exact) mass is 310 g/mol. The molecule has 0 heterocycles. The van der Waals surface area contributed by atoms with Crippen molar-refractivity contribution in [2.45, 2.75) is 64.2 Å². The fraction of sp³-hybridized carbons (Fsp3) is 0.647. The summed E-state index contributed by atoms with van der Waals surface area (Å²) in [5.74, 6) is 0.924. The van der Waals surface area contributed by atoms with Gasteiger partial charge in [-0.2, -0.15) is 8.42 Å². The third-order valence-corrected chi connectivity index (χ3v) is 5.76. The quantitative estimate of drug-likeness (QED) is 0.815. The van der Waals surface area contributed by atoms with Crippen molar-refractivity contribution in [3.8, 4) is 0 Å². The van der Waals surface area contributed by atoms with Crippen LogP contribution in [0.1, 0.15) is 63.5 Å². The van der Waals surface area contributed by atoms with Gasteiger partial charge in [-0.25, -0.2) is 0 Å². The van der Waals surface area contributed by atoms with E-state index >= 15 is 0 Å². The molecule has 1 aliphatic carbocycles.